The topological polar surface area (TPSA) is 84.9 Å². The summed E-state index contributed by atoms with van der Waals surface area (Å²) in [5.41, 5.74) is 4.74. The van der Waals surface area contributed by atoms with Crippen LogP contribution in [-0.4, -0.2) is 25.0 Å². The fourth-order valence-corrected chi connectivity index (χ4v) is 4.70. The summed E-state index contributed by atoms with van der Waals surface area (Å²) in [6.45, 7) is 6.12. The Hall–Kier alpha value is -4.91. The van der Waals surface area contributed by atoms with Crippen LogP contribution in [0.3, 0.4) is 0 Å². The fourth-order valence-electron chi connectivity index (χ4n) is 4.70. The Kier molecular flexibility index (Phi) is 6.90. The molecule has 1 heterocycles. The van der Waals surface area contributed by atoms with Crippen molar-refractivity contribution in [3.63, 3.8) is 0 Å². The summed E-state index contributed by atoms with van der Waals surface area (Å²) >= 11 is 0. The molecule has 1 aliphatic heterocycles. The molecule has 0 aromatic heterocycles. The van der Waals surface area contributed by atoms with Crippen molar-refractivity contribution in [3.05, 3.63) is 106 Å². The Bertz CT molecular complexity index is 1670. The number of hydrogen-bond donors (Lipinski definition) is 1. The molecule has 4 amide bonds. The molecular weight excluding hydrogens is 492 g/mol. The number of benzene rings is 4. The quantitative estimate of drug-likeness (QED) is 0.248. The van der Waals surface area contributed by atoms with E-state index in [9.17, 15) is 14.4 Å². The summed E-state index contributed by atoms with van der Waals surface area (Å²) in [6.07, 6.45) is 1.45. The third-order valence-electron chi connectivity index (χ3n) is 7.06. The van der Waals surface area contributed by atoms with E-state index >= 15 is 0 Å². The van der Waals surface area contributed by atoms with E-state index in [0.29, 0.717) is 29.4 Å². The van der Waals surface area contributed by atoms with Gasteiger partial charge in [0, 0.05) is 5.56 Å². The maximum absolute atomic E-state index is 13.4. The van der Waals surface area contributed by atoms with Crippen LogP contribution in [0, 0.1) is 20.8 Å². The number of ether oxygens (including phenoxy) is 2. The van der Waals surface area contributed by atoms with Crippen molar-refractivity contribution < 1.29 is 23.9 Å². The van der Waals surface area contributed by atoms with Gasteiger partial charge in [0.15, 0.2) is 11.5 Å². The van der Waals surface area contributed by atoms with Gasteiger partial charge in [0.2, 0.25) is 0 Å². The van der Waals surface area contributed by atoms with E-state index in [1.54, 1.807) is 30.3 Å². The lowest BCUT2D eigenvalue weighted by Gasteiger charge is -2.28. The molecule has 7 heteroatoms. The van der Waals surface area contributed by atoms with Gasteiger partial charge in [-0.2, -0.15) is 0 Å². The van der Waals surface area contributed by atoms with Gasteiger partial charge >= 0.3 is 6.03 Å². The molecule has 0 atom stereocenters. The summed E-state index contributed by atoms with van der Waals surface area (Å²) in [7, 11) is 1.53. The van der Waals surface area contributed by atoms with Gasteiger partial charge in [-0.15, -0.1) is 0 Å². The summed E-state index contributed by atoms with van der Waals surface area (Å²) in [6, 6.07) is 22.1. The summed E-state index contributed by atoms with van der Waals surface area (Å²) < 4.78 is 11.7. The number of methoxy groups -OCH3 is 1. The number of anilines is 1. The molecule has 196 valence electrons. The predicted octanol–water partition coefficient (Wildman–Crippen LogP) is 6.02. The number of fused-ring (bicyclic) bond motifs is 1. The van der Waals surface area contributed by atoms with Gasteiger partial charge in [-0.05, 0) is 78.1 Å². The van der Waals surface area contributed by atoms with Crippen LogP contribution in [0.4, 0.5) is 10.5 Å². The lowest BCUT2D eigenvalue weighted by atomic mass is 10.0. The minimum Gasteiger partial charge on any atom is -0.493 e. The zero-order valence-electron chi connectivity index (χ0n) is 22.2. The summed E-state index contributed by atoms with van der Waals surface area (Å²) in [5, 5.41) is 4.54. The summed E-state index contributed by atoms with van der Waals surface area (Å²) in [4.78, 5) is 39.6. The minimum atomic E-state index is -0.777. The average molecular weight is 521 g/mol. The highest BCUT2D eigenvalue weighted by Crippen LogP contribution is 2.32. The third kappa shape index (κ3) is 4.86. The van der Waals surface area contributed by atoms with E-state index in [1.165, 1.54) is 13.2 Å². The highest BCUT2D eigenvalue weighted by atomic mass is 16.5. The van der Waals surface area contributed by atoms with Crippen molar-refractivity contribution in [2.24, 2.45) is 0 Å². The maximum atomic E-state index is 13.4. The average Bonchev–Trinajstić information content (AvgIpc) is 2.93. The number of aryl methyl sites for hydroxylation is 2. The number of nitrogens with zero attached hydrogens (tertiary/aromatic N) is 1. The largest absolute Gasteiger partial charge is 0.493 e. The van der Waals surface area contributed by atoms with Crippen LogP contribution < -0.4 is 19.7 Å². The smallest absolute Gasteiger partial charge is 0.335 e. The van der Waals surface area contributed by atoms with E-state index in [0.717, 1.165) is 37.9 Å². The molecule has 0 unspecified atom stereocenters. The van der Waals surface area contributed by atoms with Crippen molar-refractivity contribution >= 4 is 40.4 Å². The number of imide groups is 2. The Morgan fingerprint density at radius 1 is 0.846 bits per heavy atom. The van der Waals surface area contributed by atoms with Crippen molar-refractivity contribution in [2.45, 2.75) is 27.4 Å². The Morgan fingerprint density at radius 2 is 1.64 bits per heavy atom. The van der Waals surface area contributed by atoms with Crippen molar-refractivity contribution in [1.29, 1.82) is 0 Å². The number of hydrogen-bond acceptors (Lipinski definition) is 5. The first-order chi connectivity index (χ1) is 18.8. The van der Waals surface area contributed by atoms with Gasteiger partial charge in [-0.1, -0.05) is 54.6 Å². The van der Waals surface area contributed by atoms with Crippen molar-refractivity contribution in [3.8, 4) is 11.5 Å². The van der Waals surface area contributed by atoms with Crippen LogP contribution in [0.1, 0.15) is 27.8 Å². The second-order valence-corrected chi connectivity index (χ2v) is 9.46. The number of amides is 4. The van der Waals surface area contributed by atoms with Gasteiger partial charge in [0.25, 0.3) is 11.8 Å². The molecule has 0 aliphatic carbocycles. The van der Waals surface area contributed by atoms with Crippen LogP contribution in [-0.2, 0) is 16.2 Å². The standard InChI is InChI=1S/C32H28N2O5/c1-19-8-7-11-27(21(19)3)34-31(36)25(30(35)33-32(34)37)16-22-13-15-28(29(17-22)38-4)39-18-26-20(2)12-14-23-9-5-6-10-24(23)26/h5-17H,18H2,1-4H3,(H,33,35,37)/b25-16+. The SMILES string of the molecule is COc1cc(/C=C2\C(=O)NC(=O)N(c3cccc(C)c3C)C2=O)ccc1OCc1c(C)ccc2ccccc12. The molecule has 1 fully saturated rings. The first-order valence-electron chi connectivity index (χ1n) is 12.5. The number of rotatable bonds is 6. The Balaban J connectivity index is 1.43. The zero-order chi connectivity index (χ0) is 27.7. The van der Waals surface area contributed by atoms with Gasteiger partial charge in [0.05, 0.1) is 12.8 Å². The van der Waals surface area contributed by atoms with Gasteiger partial charge in [-0.3, -0.25) is 14.9 Å². The first-order valence-corrected chi connectivity index (χ1v) is 12.5. The molecule has 0 bridgehead atoms. The van der Waals surface area contributed by atoms with Crippen LogP contribution in [0.25, 0.3) is 16.8 Å². The van der Waals surface area contributed by atoms with Crippen LogP contribution in [0.5, 0.6) is 11.5 Å². The third-order valence-corrected chi connectivity index (χ3v) is 7.06. The highest BCUT2D eigenvalue weighted by molar-refractivity contribution is 6.39. The number of barbiturate groups is 1. The van der Waals surface area contributed by atoms with Crippen LogP contribution in [0.2, 0.25) is 0 Å². The minimum absolute atomic E-state index is 0.155. The van der Waals surface area contributed by atoms with Crippen molar-refractivity contribution in [2.75, 3.05) is 12.0 Å². The lowest BCUT2D eigenvalue weighted by Crippen LogP contribution is -2.54. The second kappa shape index (κ2) is 10.5. The van der Waals surface area contributed by atoms with Crippen LogP contribution in [0.15, 0.2) is 78.4 Å². The van der Waals surface area contributed by atoms with E-state index in [1.807, 2.05) is 32.0 Å². The number of carbonyl (C=O) groups excluding carboxylic acids is 3. The normalized spacial score (nSPS) is 14.6. The van der Waals surface area contributed by atoms with Crippen molar-refractivity contribution in [1.82, 2.24) is 5.32 Å². The Labute approximate surface area is 226 Å². The molecule has 0 radical (unpaired) electrons. The number of carbonyl (C=O) groups is 3. The molecule has 0 saturated carbocycles. The van der Waals surface area contributed by atoms with Crippen LogP contribution >= 0.6 is 0 Å². The van der Waals surface area contributed by atoms with E-state index in [2.05, 4.69) is 36.5 Å². The zero-order valence-corrected chi connectivity index (χ0v) is 22.2. The maximum Gasteiger partial charge on any atom is 0.335 e. The van der Waals surface area contributed by atoms with E-state index < -0.39 is 17.8 Å². The van der Waals surface area contributed by atoms with Gasteiger partial charge < -0.3 is 9.47 Å². The molecule has 5 rings (SSSR count). The molecule has 7 nitrogen and oxygen atoms in total. The van der Waals surface area contributed by atoms with E-state index in [4.69, 9.17) is 9.47 Å². The fraction of sp³-hybridized carbons (Fsp3) is 0.156. The lowest BCUT2D eigenvalue weighted by molar-refractivity contribution is -0.122. The molecule has 4 aromatic carbocycles. The highest BCUT2D eigenvalue weighted by Gasteiger charge is 2.37. The number of urea groups is 1. The predicted molar refractivity (Wildman–Crippen MR) is 151 cm³/mol. The molecule has 4 aromatic rings. The first kappa shape index (κ1) is 25.7. The van der Waals surface area contributed by atoms with E-state index in [-0.39, 0.29) is 5.57 Å². The van der Waals surface area contributed by atoms with Gasteiger partial charge in [-0.25, -0.2) is 9.69 Å². The van der Waals surface area contributed by atoms with Gasteiger partial charge in [0.1, 0.15) is 12.2 Å². The molecule has 0 spiro atoms. The summed E-state index contributed by atoms with van der Waals surface area (Å²) in [5.74, 6) is -0.465. The molecular formula is C32H28N2O5. The monoisotopic (exact) mass is 520 g/mol. The molecule has 1 saturated heterocycles. The number of nitrogens with one attached hydrogen (secondary N) is 1. The molecule has 1 aliphatic rings. The second-order valence-electron chi connectivity index (χ2n) is 9.46. The Morgan fingerprint density at radius 3 is 2.44 bits per heavy atom. The molecule has 1 N–H and O–H groups in total. The molecule has 39 heavy (non-hydrogen) atoms.